The quantitative estimate of drug-likeness (QED) is 0.728. The van der Waals surface area contributed by atoms with Crippen LogP contribution in [0.2, 0.25) is 0 Å². The summed E-state index contributed by atoms with van der Waals surface area (Å²) < 4.78 is 21.0. The average Bonchev–Trinajstić information content (AvgIpc) is 2.47. The van der Waals surface area contributed by atoms with Gasteiger partial charge in [0, 0.05) is 29.4 Å². The first-order valence-corrected chi connectivity index (χ1v) is 8.03. The van der Waals surface area contributed by atoms with Gasteiger partial charge in [-0.15, -0.1) is 0 Å². The maximum atomic E-state index is 11.6. The summed E-state index contributed by atoms with van der Waals surface area (Å²) in [5.41, 5.74) is 1.04. The number of carbonyl (C=O) groups excluding carboxylic acids is 1. The fourth-order valence-electron chi connectivity index (χ4n) is 1.71. The van der Waals surface area contributed by atoms with E-state index in [1.807, 2.05) is 24.3 Å². The molecule has 0 aliphatic rings. The van der Waals surface area contributed by atoms with Gasteiger partial charge < -0.3 is 14.8 Å². The SMILES string of the molecule is COC(=O)[C@H](CCS(C)=O)NCc1ccc(OC)cc1. The van der Waals surface area contributed by atoms with Gasteiger partial charge in [0.2, 0.25) is 0 Å². The Bertz CT molecular complexity index is 447. The largest absolute Gasteiger partial charge is 0.497 e. The molecule has 1 unspecified atom stereocenters. The van der Waals surface area contributed by atoms with Gasteiger partial charge in [-0.1, -0.05) is 12.1 Å². The second-order valence-corrected chi connectivity index (χ2v) is 5.93. The molecule has 1 aromatic rings. The van der Waals surface area contributed by atoms with Crippen LogP contribution in [-0.4, -0.2) is 42.4 Å². The fraction of sp³-hybridized carbons (Fsp3) is 0.500. The maximum absolute atomic E-state index is 11.6. The maximum Gasteiger partial charge on any atom is 0.322 e. The third kappa shape index (κ3) is 5.71. The van der Waals surface area contributed by atoms with Gasteiger partial charge in [0.25, 0.3) is 0 Å². The fourth-order valence-corrected chi connectivity index (χ4v) is 2.28. The molecular weight excluding hydrogens is 278 g/mol. The van der Waals surface area contributed by atoms with Gasteiger partial charge in [0.05, 0.1) is 14.2 Å². The van der Waals surface area contributed by atoms with E-state index in [1.165, 1.54) is 7.11 Å². The molecule has 1 rings (SSSR count). The zero-order chi connectivity index (χ0) is 15.0. The monoisotopic (exact) mass is 299 g/mol. The highest BCUT2D eigenvalue weighted by molar-refractivity contribution is 7.84. The molecule has 0 aliphatic heterocycles. The second-order valence-electron chi connectivity index (χ2n) is 4.37. The van der Waals surface area contributed by atoms with Crippen molar-refractivity contribution in [1.29, 1.82) is 0 Å². The highest BCUT2D eigenvalue weighted by atomic mass is 32.2. The summed E-state index contributed by atoms with van der Waals surface area (Å²) >= 11 is 0. The number of rotatable bonds is 8. The van der Waals surface area contributed by atoms with Crippen molar-refractivity contribution < 1.29 is 18.5 Å². The minimum Gasteiger partial charge on any atom is -0.497 e. The zero-order valence-corrected chi connectivity index (χ0v) is 12.9. The van der Waals surface area contributed by atoms with Crippen LogP contribution < -0.4 is 10.1 Å². The molecule has 0 bridgehead atoms. The molecular formula is C14H21NO4S. The van der Waals surface area contributed by atoms with E-state index in [4.69, 9.17) is 9.47 Å². The summed E-state index contributed by atoms with van der Waals surface area (Å²) in [6.07, 6.45) is 2.11. The first kappa shape index (κ1) is 16.7. The molecule has 0 aromatic heterocycles. The molecule has 0 spiro atoms. The van der Waals surface area contributed by atoms with Crippen LogP contribution in [0.25, 0.3) is 0 Å². The summed E-state index contributed by atoms with van der Waals surface area (Å²) in [5, 5.41) is 3.13. The van der Waals surface area contributed by atoms with Crippen molar-refractivity contribution in [3.8, 4) is 5.75 Å². The van der Waals surface area contributed by atoms with E-state index in [0.717, 1.165) is 11.3 Å². The minimum absolute atomic E-state index is 0.330. The van der Waals surface area contributed by atoms with E-state index in [0.29, 0.717) is 18.7 Å². The van der Waals surface area contributed by atoms with Crippen molar-refractivity contribution in [2.24, 2.45) is 0 Å². The lowest BCUT2D eigenvalue weighted by molar-refractivity contribution is -0.143. The van der Waals surface area contributed by atoms with Crippen LogP contribution in [0.1, 0.15) is 12.0 Å². The van der Waals surface area contributed by atoms with E-state index in [9.17, 15) is 9.00 Å². The number of nitrogens with one attached hydrogen (secondary N) is 1. The number of hydrogen-bond donors (Lipinski definition) is 1. The lowest BCUT2D eigenvalue weighted by Crippen LogP contribution is -2.38. The highest BCUT2D eigenvalue weighted by Crippen LogP contribution is 2.11. The zero-order valence-electron chi connectivity index (χ0n) is 12.0. The number of hydrogen-bond acceptors (Lipinski definition) is 5. The molecule has 0 amide bonds. The van der Waals surface area contributed by atoms with Crippen LogP contribution in [-0.2, 0) is 26.9 Å². The van der Waals surface area contributed by atoms with Crippen molar-refractivity contribution in [2.45, 2.75) is 19.0 Å². The van der Waals surface area contributed by atoms with Gasteiger partial charge in [-0.25, -0.2) is 0 Å². The summed E-state index contributed by atoms with van der Waals surface area (Å²) in [5.74, 6) is 0.929. The molecule has 0 saturated carbocycles. The van der Waals surface area contributed by atoms with Crippen molar-refractivity contribution in [2.75, 3.05) is 26.2 Å². The molecule has 112 valence electrons. The summed E-state index contributed by atoms with van der Waals surface area (Å²) in [6.45, 7) is 0.542. The van der Waals surface area contributed by atoms with E-state index in [2.05, 4.69) is 5.32 Å². The Hall–Kier alpha value is -1.40. The number of esters is 1. The van der Waals surface area contributed by atoms with Gasteiger partial charge in [-0.2, -0.15) is 0 Å². The first-order valence-electron chi connectivity index (χ1n) is 6.31. The standard InChI is InChI=1S/C14H21NO4S/c1-18-12-6-4-11(5-7-12)10-15-13(14(16)19-2)8-9-20(3)17/h4-7,13,15H,8-10H2,1-3H3/t13-,20?/m0/s1. The van der Waals surface area contributed by atoms with Crippen LogP contribution >= 0.6 is 0 Å². The summed E-state index contributed by atoms with van der Waals surface area (Å²) in [7, 11) is 2.05. The number of carbonyl (C=O) groups is 1. The minimum atomic E-state index is -0.921. The topological polar surface area (TPSA) is 64.6 Å². The Morgan fingerprint density at radius 2 is 1.95 bits per heavy atom. The smallest absolute Gasteiger partial charge is 0.322 e. The van der Waals surface area contributed by atoms with Crippen LogP contribution in [0, 0.1) is 0 Å². The van der Waals surface area contributed by atoms with Crippen LogP contribution in [0.4, 0.5) is 0 Å². The third-order valence-corrected chi connectivity index (χ3v) is 3.70. The molecule has 0 saturated heterocycles. The number of ether oxygens (including phenoxy) is 2. The molecule has 2 atom stereocenters. The second kappa shape index (κ2) is 8.71. The van der Waals surface area contributed by atoms with Crippen molar-refractivity contribution in [1.82, 2.24) is 5.32 Å². The van der Waals surface area contributed by atoms with Gasteiger partial charge in [-0.05, 0) is 24.1 Å². The van der Waals surface area contributed by atoms with Gasteiger partial charge >= 0.3 is 5.97 Å². The molecule has 1 N–H and O–H groups in total. The normalized spacial score (nSPS) is 13.6. The Kier molecular flexibility index (Phi) is 7.25. The van der Waals surface area contributed by atoms with Gasteiger partial charge in [0.1, 0.15) is 11.8 Å². The van der Waals surface area contributed by atoms with Gasteiger partial charge in [-0.3, -0.25) is 9.00 Å². The van der Waals surface area contributed by atoms with Gasteiger partial charge in [0.15, 0.2) is 0 Å². The summed E-state index contributed by atoms with van der Waals surface area (Å²) in [4.78, 5) is 11.6. The molecule has 0 aliphatic carbocycles. The Morgan fingerprint density at radius 1 is 1.30 bits per heavy atom. The van der Waals surface area contributed by atoms with Crippen LogP contribution in [0.15, 0.2) is 24.3 Å². The van der Waals surface area contributed by atoms with E-state index in [-0.39, 0.29) is 5.97 Å². The van der Waals surface area contributed by atoms with E-state index >= 15 is 0 Å². The molecule has 20 heavy (non-hydrogen) atoms. The molecule has 5 nitrogen and oxygen atoms in total. The lowest BCUT2D eigenvalue weighted by Gasteiger charge is -2.16. The average molecular weight is 299 g/mol. The Balaban J connectivity index is 2.55. The predicted molar refractivity (Wildman–Crippen MR) is 79.2 cm³/mol. The molecule has 0 radical (unpaired) electrons. The number of methoxy groups -OCH3 is 2. The van der Waals surface area contributed by atoms with E-state index < -0.39 is 16.8 Å². The highest BCUT2D eigenvalue weighted by Gasteiger charge is 2.18. The molecule has 0 heterocycles. The Labute approximate surface area is 122 Å². The molecule has 1 aromatic carbocycles. The van der Waals surface area contributed by atoms with Crippen molar-refractivity contribution in [3.63, 3.8) is 0 Å². The van der Waals surface area contributed by atoms with Crippen LogP contribution in [0.3, 0.4) is 0 Å². The number of benzene rings is 1. The molecule has 0 fully saturated rings. The first-order chi connectivity index (χ1) is 9.56. The van der Waals surface area contributed by atoms with E-state index in [1.54, 1.807) is 13.4 Å². The third-order valence-electron chi connectivity index (χ3n) is 2.89. The summed E-state index contributed by atoms with van der Waals surface area (Å²) in [6, 6.07) is 7.15. The van der Waals surface area contributed by atoms with Crippen LogP contribution in [0.5, 0.6) is 5.75 Å². The lowest BCUT2D eigenvalue weighted by atomic mass is 10.2. The van der Waals surface area contributed by atoms with Crippen molar-refractivity contribution >= 4 is 16.8 Å². The Morgan fingerprint density at radius 3 is 2.45 bits per heavy atom. The van der Waals surface area contributed by atoms with Crippen molar-refractivity contribution in [3.05, 3.63) is 29.8 Å². The predicted octanol–water partition coefficient (Wildman–Crippen LogP) is 1.09. The molecule has 6 heteroatoms.